The Morgan fingerprint density at radius 3 is 2.45 bits per heavy atom. The average molecular weight is 302 g/mol. The number of amides is 1. The van der Waals surface area contributed by atoms with Gasteiger partial charge in [-0.1, -0.05) is 43.2 Å². The van der Waals surface area contributed by atoms with Gasteiger partial charge in [-0.25, -0.2) is 0 Å². The first-order chi connectivity index (χ1) is 10.5. The van der Waals surface area contributed by atoms with E-state index in [1.165, 1.54) is 5.56 Å². The monoisotopic (exact) mass is 302 g/mol. The molecule has 6 nitrogen and oxygen atoms in total. The molecule has 1 aromatic heterocycles. The van der Waals surface area contributed by atoms with Gasteiger partial charge in [0, 0.05) is 0 Å². The summed E-state index contributed by atoms with van der Waals surface area (Å²) in [7, 11) is 0. The normalized spacial score (nSPS) is 12.4. The standard InChI is InChI=1S/C16H22N4O2/c1-10(2)8-12-4-6-13(7-5-12)11(3)15(21)18-9-14-19-20-16(17)22-14/h4-7,10-11H,8-9H2,1-3H3,(H2,17,20)(H,18,21)/t11-/m0/s1. The Bertz CT molecular complexity index is 619. The van der Waals surface area contributed by atoms with Crippen molar-refractivity contribution in [3.05, 3.63) is 41.3 Å². The summed E-state index contributed by atoms with van der Waals surface area (Å²) in [5, 5.41) is 10.0. The molecule has 22 heavy (non-hydrogen) atoms. The summed E-state index contributed by atoms with van der Waals surface area (Å²) >= 11 is 0. The van der Waals surface area contributed by atoms with Gasteiger partial charge >= 0.3 is 6.01 Å². The van der Waals surface area contributed by atoms with Crippen molar-refractivity contribution in [3.63, 3.8) is 0 Å². The van der Waals surface area contributed by atoms with Gasteiger partial charge in [0.05, 0.1) is 12.5 Å². The molecule has 0 radical (unpaired) electrons. The summed E-state index contributed by atoms with van der Waals surface area (Å²) in [6, 6.07) is 8.17. The van der Waals surface area contributed by atoms with E-state index in [4.69, 9.17) is 10.2 Å². The average Bonchev–Trinajstić information content (AvgIpc) is 2.90. The van der Waals surface area contributed by atoms with Gasteiger partial charge in [0.2, 0.25) is 11.8 Å². The van der Waals surface area contributed by atoms with Crippen LogP contribution in [0.1, 0.15) is 43.7 Å². The van der Waals surface area contributed by atoms with Crippen molar-refractivity contribution in [1.29, 1.82) is 0 Å². The molecule has 1 heterocycles. The molecular weight excluding hydrogens is 280 g/mol. The fourth-order valence-electron chi connectivity index (χ4n) is 2.22. The quantitative estimate of drug-likeness (QED) is 0.853. The summed E-state index contributed by atoms with van der Waals surface area (Å²) in [5.41, 5.74) is 7.60. The molecule has 118 valence electrons. The molecule has 0 aliphatic rings. The Morgan fingerprint density at radius 1 is 1.23 bits per heavy atom. The van der Waals surface area contributed by atoms with Crippen molar-refractivity contribution in [2.45, 2.75) is 39.7 Å². The van der Waals surface area contributed by atoms with E-state index >= 15 is 0 Å². The van der Waals surface area contributed by atoms with Gasteiger partial charge in [-0.15, -0.1) is 5.10 Å². The number of rotatable bonds is 6. The van der Waals surface area contributed by atoms with Crippen LogP contribution >= 0.6 is 0 Å². The number of hydrogen-bond acceptors (Lipinski definition) is 5. The summed E-state index contributed by atoms with van der Waals surface area (Å²) in [4.78, 5) is 12.2. The van der Waals surface area contributed by atoms with E-state index in [9.17, 15) is 4.79 Å². The SMILES string of the molecule is CC(C)Cc1ccc([C@H](C)C(=O)NCc2nnc(N)o2)cc1. The predicted octanol–water partition coefficient (Wildman–Crippen LogP) is 2.27. The molecule has 0 aliphatic heterocycles. The van der Waals surface area contributed by atoms with E-state index in [0.29, 0.717) is 11.8 Å². The first-order valence-electron chi connectivity index (χ1n) is 7.40. The van der Waals surface area contributed by atoms with Crippen molar-refractivity contribution < 1.29 is 9.21 Å². The fourth-order valence-corrected chi connectivity index (χ4v) is 2.22. The second-order valence-electron chi connectivity index (χ2n) is 5.81. The fraction of sp³-hybridized carbons (Fsp3) is 0.438. The molecule has 0 saturated heterocycles. The van der Waals surface area contributed by atoms with Crippen molar-refractivity contribution in [2.75, 3.05) is 5.73 Å². The van der Waals surface area contributed by atoms with Crippen LogP contribution in [-0.4, -0.2) is 16.1 Å². The molecule has 3 N–H and O–H groups in total. The summed E-state index contributed by atoms with van der Waals surface area (Å²) in [6.07, 6.45) is 1.04. The van der Waals surface area contributed by atoms with Crippen LogP contribution in [0.3, 0.4) is 0 Å². The molecule has 0 aliphatic carbocycles. The highest BCUT2D eigenvalue weighted by molar-refractivity contribution is 5.83. The maximum Gasteiger partial charge on any atom is 0.312 e. The van der Waals surface area contributed by atoms with E-state index in [-0.39, 0.29) is 24.4 Å². The van der Waals surface area contributed by atoms with Gasteiger partial charge in [-0.05, 0) is 30.4 Å². The van der Waals surface area contributed by atoms with Gasteiger partial charge in [0.1, 0.15) is 0 Å². The third-order valence-electron chi connectivity index (χ3n) is 3.41. The van der Waals surface area contributed by atoms with E-state index in [1.807, 2.05) is 19.1 Å². The molecule has 1 amide bonds. The van der Waals surface area contributed by atoms with E-state index in [0.717, 1.165) is 12.0 Å². The van der Waals surface area contributed by atoms with Gasteiger partial charge < -0.3 is 15.5 Å². The molecule has 0 fully saturated rings. The third-order valence-corrected chi connectivity index (χ3v) is 3.41. The summed E-state index contributed by atoms with van der Waals surface area (Å²) in [6.45, 7) is 6.43. The molecule has 0 saturated carbocycles. The zero-order chi connectivity index (χ0) is 16.1. The van der Waals surface area contributed by atoms with Crippen LogP contribution in [0, 0.1) is 5.92 Å². The number of benzene rings is 1. The Hall–Kier alpha value is -2.37. The van der Waals surface area contributed by atoms with Gasteiger partial charge in [0.15, 0.2) is 0 Å². The van der Waals surface area contributed by atoms with E-state index in [2.05, 4.69) is 41.5 Å². The van der Waals surface area contributed by atoms with Crippen LogP contribution in [0.2, 0.25) is 0 Å². The summed E-state index contributed by atoms with van der Waals surface area (Å²) < 4.78 is 5.01. The molecule has 2 rings (SSSR count). The van der Waals surface area contributed by atoms with Crippen LogP contribution in [0.5, 0.6) is 0 Å². The van der Waals surface area contributed by atoms with Crippen molar-refractivity contribution in [1.82, 2.24) is 15.5 Å². The van der Waals surface area contributed by atoms with Crippen LogP contribution in [-0.2, 0) is 17.8 Å². The predicted molar refractivity (Wildman–Crippen MR) is 84.0 cm³/mol. The molecular formula is C16H22N4O2. The molecule has 2 aromatic rings. The zero-order valence-electron chi connectivity index (χ0n) is 13.2. The number of nitrogens with one attached hydrogen (secondary N) is 1. The number of carbonyl (C=O) groups is 1. The molecule has 6 heteroatoms. The Labute approximate surface area is 130 Å². The number of hydrogen-bond donors (Lipinski definition) is 2. The Balaban J connectivity index is 1.92. The lowest BCUT2D eigenvalue weighted by Gasteiger charge is -2.13. The molecule has 0 unspecified atom stereocenters. The van der Waals surface area contributed by atoms with Crippen LogP contribution in [0.4, 0.5) is 6.01 Å². The van der Waals surface area contributed by atoms with Crippen molar-refractivity contribution in [3.8, 4) is 0 Å². The maximum atomic E-state index is 12.2. The minimum absolute atomic E-state index is 0.00182. The molecule has 1 aromatic carbocycles. The molecule has 0 bridgehead atoms. The first-order valence-corrected chi connectivity index (χ1v) is 7.40. The number of anilines is 1. The third kappa shape index (κ3) is 4.31. The highest BCUT2D eigenvalue weighted by atomic mass is 16.4. The van der Waals surface area contributed by atoms with Crippen LogP contribution in [0.25, 0.3) is 0 Å². The summed E-state index contributed by atoms with van der Waals surface area (Å²) in [5.74, 6) is 0.584. The highest BCUT2D eigenvalue weighted by Gasteiger charge is 2.16. The lowest BCUT2D eigenvalue weighted by Crippen LogP contribution is -2.27. The van der Waals surface area contributed by atoms with Crippen molar-refractivity contribution >= 4 is 11.9 Å². The lowest BCUT2D eigenvalue weighted by molar-refractivity contribution is -0.122. The van der Waals surface area contributed by atoms with Gasteiger partial charge in [-0.3, -0.25) is 4.79 Å². The second kappa shape index (κ2) is 7.06. The minimum atomic E-state index is -0.242. The zero-order valence-corrected chi connectivity index (χ0v) is 13.2. The van der Waals surface area contributed by atoms with Crippen molar-refractivity contribution in [2.24, 2.45) is 5.92 Å². The number of nitrogens with two attached hydrogens (primary N) is 1. The minimum Gasteiger partial charge on any atom is -0.406 e. The lowest BCUT2D eigenvalue weighted by atomic mass is 9.96. The van der Waals surface area contributed by atoms with Crippen LogP contribution in [0.15, 0.2) is 28.7 Å². The number of nitrogens with zero attached hydrogens (tertiary/aromatic N) is 2. The smallest absolute Gasteiger partial charge is 0.312 e. The second-order valence-corrected chi connectivity index (χ2v) is 5.81. The number of aromatic nitrogens is 2. The van der Waals surface area contributed by atoms with E-state index in [1.54, 1.807) is 0 Å². The Morgan fingerprint density at radius 2 is 1.91 bits per heavy atom. The van der Waals surface area contributed by atoms with Gasteiger partial charge in [-0.2, -0.15) is 0 Å². The maximum absolute atomic E-state index is 12.2. The molecule has 0 spiro atoms. The molecule has 1 atom stereocenters. The van der Waals surface area contributed by atoms with E-state index < -0.39 is 0 Å². The van der Waals surface area contributed by atoms with Gasteiger partial charge in [0.25, 0.3) is 0 Å². The topological polar surface area (TPSA) is 94.0 Å². The van der Waals surface area contributed by atoms with Crippen LogP contribution < -0.4 is 11.1 Å². The highest BCUT2D eigenvalue weighted by Crippen LogP contribution is 2.18. The Kier molecular flexibility index (Phi) is 5.14. The number of nitrogen functional groups attached to an aromatic ring is 1. The number of carbonyl (C=O) groups excluding carboxylic acids is 1. The largest absolute Gasteiger partial charge is 0.406 e. The first kappa shape index (κ1) is 16.0.